The van der Waals surface area contributed by atoms with Gasteiger partial charge in [-0.15, -0.1) is 0 Å². The van der Waals surface area contributed by atoms with Gasteiger partial charge in [-0.05, 0) is 36.3 Å². The highest BCUT2D eigenvalue weighted by molar-refractivity contribution is 6.21. The topological polar surface area (TPSA) is 108 Å². The van der Waals surface area contributed by atoms with E-state index in [1.165, 1.54) is 19.2 Å². The molecule has 1 heterocycles. The van der Waals surface area contributed by atoms with Gasteiger partial charge in [0, 0.05) is 19.9 Å². The van der Waals surface area contributed by atoms with Crippen LogP contribution < -0.4 is 10.6 Å². The minimum absolute atomic E-state index is 0.358. The highest BCUT2D eigenvalue weighted by Gasteiger charge is 2.36. The number of hydrogen-bond donors (Lipinski definition) is 3. The third-order valence-electron chi connectivity index (χ3n) is 5.73. The van der Waals surface area contributed by atoms with Crippen LogP contribution in [0.4, 0.5) is 17.6 Å². The van der Waals surface area contributed by atoms with E-state index in [-0.39, 0.29) is 5.91 Å². The average Bonchev–Trinajstić information content (AvgIpc) is 2.83. The van der Waals surface area contributed by atoms with Crippen molar-refractivity contribution in [3.05, 3.63) is 81.9 Å². The molecular formula is C25H23F4N3O5. The second-order valence-corrected chi connectivity index (χ2v) is 8.05. The van der Waals surface area contributed by atoms with E-state index in [2.05, 4.69) is 10.6 Å². The minimum atomic E-state index is -4.97. The van der Waals surface area contributed by atoms with E-state index in [4.69, 9.17) is 4.74 Å². The van der Waals surface area contributed by atoms with Gasteiger partial charge in [-0.2, -0.15) is 13.2 Å². The zero-order valence-corrected chi connectivity index (χ0v) is 19.9. The summed E-state index contributed by atoms with van der Waals surface area (Å²) in [5.74, 6) is -4.48. The Morgan fingerprint density at radius 1 is 1.19 bits per heavy atom. The average molecular weight is 521 g/mol. The Hall–Kier alpha value is -4.19. The number of ketones is 1. The number of hydrogen-bond acceptors (Lipinski definition) is 6. The Morgan fingerprint density at radius 3 is 2.41 bits per heavy atom. The molecular weight excluding hydrogens is 498 g/mol. The van der Waals surface area contributed by atoms with Crippen molar-refractivity contribution < 1.29 is 41.8 Å². The first-order valence-corrected chi connectivity index (χ1v) is 10.8. The molecule has 0 radical (unpaired) electrons. The van der Waals surface area contributed by atoms with Gasteiger partial charge in [-0.25, -0.2) is 9.18 Å². The SMILES string of the molecule is COC1NC(=O)C(c2ccc(/C=C(\NCC(=O)c3c(F)cccc3C(F)(F)F)C(=O)O)cc2)=C(C)N1C. The molecule has 0 aliphatic carbocycles. The minimum Gasteiger partial charge on any atom is -0.477 e. The Kier molecular flexibility index (Phi) is 8.02. The van der Waals surface area contributed by atoms with Gasteiger partial charge in [0.1, 0.15) is 11.5 Å². The summed E-state index contributed by atoms with van der Waals surface area (Å²) in [4.78, 5) is 38.3. The number of halogens is 4. The summed E-state index contributed by atoms with van der Waals surface area (Å²) in [5.41, 5.74) is -1.18. The molecule has 1 atom stereocenters. The van der Waals surface area contributed by atoms with Crippen LogP contribution in [0.2, 0.25) is 0 Å². The summed E-state index contributed by atoms with van der Waals surface area (Å²) < 4.78 is 58.8. The Morgan fingerprint density at radius 2 is 1.84 bits per heavy atom. The van der Waals surface area contributed by atoms with Crippen LogP contribution in [0, 0.1) is 5.82 Å². The Balaban J connectivity index is 1.82. The summed E-state index contributed by atoms with van der Waals surface area (Å²) in [6.45, 7) is 0.858. The van der Waals surface area contributed by atoms with Crippen LogP contribution in [-0.2, 0) is 20.5 Å². The molecule has 196 valence electrons. The number of amides is 1. The number of Topliss-reactive ketones (excluding diaryl/α,β-unsaturated/α-hetero) is 1. The number of benzene rings is 2. The molecule has 8 nitrogen and oxygen atoms in total. The second-order valence-electron chi connectivity index (χ2n) is 8.05. The predicted octanol–water partition coefficient (Wildman–Crippen LogP) is 3.47. The number of alkyl halides is 3. The molecule has 0 fully saturated rings. The lowest BCUT2D eigenvalue weighted by molar-refractivity contribution is -0.138. The smallest absolute Gasteiger partial charge is 0.417 e. The first-order valence-electron chi connectivity index (χ1n) is 10.8. The van der Waals surface area contributed by atoms with Crippen molar-refractivity contribution >= 4 is 29.3 Å². The number of ether oxygens (including phenoxy) is 1. The maximum absolute atomic E-state index is 14.1. The van der Waals surface area contributed by atoms with Crippen LogP contribution in [0.25, 0.3) is 11.6 Å². The lowest BCUT2D eigenvalue weighted by Crippen LogP contribution is -2.51. The molecule has 2 aromatic rings. The van der Waals surface area contributed by atoms with E-state index < -0.39 is 53.5 Å². The first kappa shape index (κ1) is 27.4. The van der Waals surface area contributed by atoms with Crippen molar-refractivity contribution in [3.8, 4) is 0 Å². The van der Waals surface area contributed by atoms with Crippen LogP contribution in [0.5, 0.6) is 0 Å². The number of nitrogens with zero attached hydrogens (tertiary/aromatic N) is 1. The third-order valence-corrected chi connectivity index (χ3v) is 5.73. The van der Waals surface area contributed by atoms with Gasteiger partial charge in [0.05, 0.1) is 23.2 Å². The summed E-state index contributed by atoms with van der Waals surface area (Å²) in [6.07, 6.45) is -4.44. The molecule has 12 heteroatoms. The number of carbonyl (C=O) groups excluding carboxylic acids is 2. The van der Waals surface area contributed by atoms with Gasteiger partial charge >= 0.3 is 12.1 Å². The fourth-order valence-corrected chi connectivity index (χ4v) is 3.76. The highest BCUT2D eigenvalue weighted by Crippen LogP contribution is 2.33. The normalized spacial score (nSPS) is 16.5. The van der Waals surface area contributed by atoms with Crippen molar-refractivity contribution in [2.45, 2.75) is 19.5 Å². The molecule has 0 aromatic heterocycles. The van der Waals surface area contributed by atoms with Gasteiger partial charge in [0.2, 0.25) is 6.35 Å². The molecule has 1 aliphatic rings. The van der Waals surface area contributed by atoms with Crippen LogP contribution in [0.3, 0.4) is 0 Å². The molecule has 1 amide bonds. The first-order chi connectivity index (χ1) is 17.3. The van der Waals surface area contributed by atoms with Gasteiger partial charge in [0.25, 0.3) is 5.91 Å². The number of allylic oxidation sites excluding steroid dienone is 1. The lowest BCUT2D eigenvalue weighted by atomic mass is 9.99. The molecule has 0 bridgehead atoms. The standard InChI is InChI=1S/C25H23F4N3O5/c1-13-20(22(34)31-24(37-3)32(13)2)15-9-7-14(8-10-15)11-18(23(35)36)30-12-19(33)21-16(25(27,28)29)5-4-6-17(21)26/h4-11,24,30H,12H2,1-3H3,(H,31,34)(H,35,36)/b18-11-. The highest BCUT2D eigenvalue weighted by atomic mass is 19.4. The predicted molar refractivity (Wildman–Crippen MR) is 125 cm³/mol. The van der Waals surface area contributed by atoms with Crippen molar-refractivity contribution in [2.75, 3.05) is 20.7 Å². The zero-order valence-electron chi connectivity index (χ0n) is 19.9. The fraction of sp³-hybridized carbons (Fsp3) is 0.240. The van der Waals surface area contributed by atoms with Gasteiger partial charge in [0.15, 0.2) is 5.78 Å². The summed E-state index contributed by atoms with van der Waals surface area (Å²) >= 11 is 0. The van der Waals surface area contributed by atoms with Gasteiger partial charge in [-0.3, -0.25) is 9.59 Å². The number of methoxy groups -OCH3 is 1. The van der Waals surface area contributed by atoms with Crippen LogP contribution in [0.1, 0.15) is 34.0 Å². The monoisotopic (exact) mass is 521 g/mol. The van der Waals surface area contributed by atoms with Crippen molar-refractivity contribution in [1.29, 1.82) is 0 Å². The van der Waals surface area contributed by atoms with E-state index in [0.717, 1.165) is 18.2 Å². The van der Waals surface area contributed by atoms with Crippen LogP contribution in [0.15, 0.2) is 53.9 Å². The quantitative estimate of drug-likeness (QED) is 0.277. The van der Waals surface area contributed by atoms with Gasteiger partial charge < -0.3 is 25.4 Å². The maximum atomic E-state index is 14.1. The number of rotatable bonds is 8. The second kappa shape index (κ2) is 10.8. The zero-order chi connectivity index (χ0) is 27.5. The largest absolute Gasteiger partial charge is 0.477 e. The molecule has 2 aromatic carbocycles. The number of nitrogens with one attached hydrogen (secondary N) is 2. The molecule has 1 aliphatic heterocycles. The van der Waals surface area contributed by atoms with Crippen LogP contribution in [-0.4, -0.2) is 54.7 Å². The fourth-order valence-electron chi connectivity index (χ4n) is 3.76. The number of aliphatic carboxylic acids is 1. The van der Waals surface area contributed by atoms with E-state index in [0.29, 0.717) is 28.5 Å². The van der Waals surface area contributed by atoms with Crippen molar-refractivity contribution in [2.24, 2.45) is 0 Å². The van der Waals surface area contributed by atoms with E-state index in [1.54, 1.807) is 31.0 Å². The van der Waals surface area contributed by atoms with Crippen molar-refractivity contribution in [3.63, 3.8) is 0 Å². The molecule has 0 spiro atoms. The molecule has 3 rings (SSSR count). The molecule has 37 heavy (non-hydrogen) atoms. The Bertz CT molecular complexity index is 1290. The molecule has 0 saturated heterocycles. The number of carboxylic acids is 1. The van der Waals surface area contributed by atoms with Crippen molar-refractivity contribution in [1.82, 2.24) is 15.5 Å². The lowest BCUT2D eigenvalue weighted by Gasteiger charge is -2.35. The van der Waals surface area contributed by atoms with E-state index in [9.17, 15) is 37.1 Å². The van der Waals surface area contributed by atoms with Crippen LogP contribution >= 0.6 is 0 Å². The summed E-state index contributed by atoms with van der Waals surface area (Å²) in [5, 5.41) is 14.4. The molecule has 1 unspecified atom stereocenters. The van der Waals surface area contributed by atoms with Gasteiger partial charge in [-0.1, -0.05) is 30.3 Å². The Labute approximate surface area is 209 Å². The molecule has 0 saturated carbocycles. The van der Waals surface area contributed by atoms with E-state index in [1.807, 2.05) is 0 Å². The number of carboxylic acid groups (broad SMARTS) is 1. The summed E-state index contributed by atoms with van der Waals surface area (Å²) in [7, 11) is 3.19. The third kappa shape index (κ3) is 5.97. The molecule has 3 N–H and O–H groups in total. The van der Waals surface area contributed by atoms with E-state index >= 15 is 0 Å². The maximum Gasteiger partial charge on any atom is 0.417 e. The summed E-state index contributed by atoms with van der Waals surface area (Å²) in [6, 6.07) is 8.34. The number of carbonyl (C=O) groups is 3.